The van der Waals surface area contributed by atoms with Gasteiger partial charge in [0.15, 0.2) is 0 Å². The highest BCUT2D eigenvalue weighted by Gasteiger charge is 2.23. The standard InChI is InChI=1S/C14H8O2/c15-14-9-3-1-2-4-11(9)16-12-6-5-8-7-10(8)13(12)14/h1-6H,7H2. The molecule has 2 aromatic carbocycles. The Balaban J connectivity index is 2.36. The van der Waals surface area contributed by atoms with E-state index in [1.807, 2.05) is 36.4 Å². The number of para-hydroxylation sites is 1. The van der Waals surface area contributed by atoms with Crippen molar-refractivity contribution in [1.29, 1.82) is 0 Å². The fourth-order valence-corrected chi connectivity index (χ4v) is 2.29. The molecule has 2 heteroatoms. The highest BCUT2D eigenvalue weighted by Crippen LogP contribution is 2.34. The molecule has 0 amide bonds. The van der Waals surface area contributed by atoms with E-state index in [4.69, 9.17) is 4.42 Å². The minimum atomic E-state index is 0.103. The third-order valence-corrected chi connectivity index (χ3v) is 3.19. The third kappa shape index (κ3) is 0.890. The van der Waals surface area contributed by atoms with Gasteiger partial charge in [-0.15, -0.1) is 0 Å². The van der Waals surface area contributed by atoms with Crippen LogP contribution >= 0.6 is 0 Å². The van der Waals surface area contributed by atoms with Crippen molar-refractivity contribution in [2.24, 2.45) is 0 Å². The largest absolute Gasteiger partial charge is 0.456 e. The summed E-state index contributed by atoms with van der Waals surface area (Å²) in [5.41, 5.74) is 3.92. The van der Waals surface area contributed by atoms with Crippen molar-refractivity contribution in [2.75, 3.05) is 0 Å². The molecule has 76 valence electrons. The van der Waals surface area contributed by atoms with Crippen molar-refractivity contribution in [1.82, 2.24) is 0 Å². The van der Waals surface area contributed by atoms with E-state index >= 15 is 0 Å². The summed E-state index contributed by atoms with van der Waals surface area (Å²) in [6, 6.07) is 11.3. The number of hydrogen-bond donors (Lipinski definition) is 0. The zero-order valence-electron chi connectivity index (χ0n) is 8.49. The molecule has 0 saturated heterocycles. The summed E-state index contributed by atoms with van der Waals surface area (Å²) < 4.78 is 5.74. The van der Waals surface area contributed by atoms with Gasteiger partial charge in [-0.25, -0.2) is 0 Å². The molecule has 16 heavy (non-hydrogen) atoms. The smallest absolute Gasteiger partial charge is 0.200 e. The first-order valence-corrected chi connectivity index (χ1v) is 5.31. The van der Waals surface area contributed by atoms with E-state index in [0.29, 0.717) is 16.6 Å². The van der Waals surface area contributed by atoms with Crippen molar-refractivity contribution in [2.45, 2.75) is 6.42 Å². The summed E-state index contributed by atoms with van der Waals surface area (Å²) >= 11 is 0. The Kier molecular flexibility index (Phi) is 1.28. The van der Waals surface area contributed by atoms with Crippen LogP contribution in [-0.2, 0) is 6.42 Å². The Morgan fingerprint density at radius 2 is 1.88 bits per heavy atom. The van der Waals surface area contributed by atoms with E-state index in [-0.39, 0.29) is 5.43 Å². The molecule has 0 spiro atoms. The minimum Gasteiger partial charge on any atom is -0.456 e. The first kappa shape index (κ1) is 8.11. The van der Waals surface area contributed by atoms with Gasteiger partial charge in [0, 0.05) is 0 Å². The van der Waals surface area contributed by atoms with Crippen LogP contribution in [0.4, 0.5) is 0 Å². The van der Waals surface area contributed by atoms with E-state index < -0.39 is 0 Å². The molecule has 1 heterocycles. The van der Waals surface area contributed by atoms with Crippen molar-refractivity contribution in [3.63, 3.8) is 0 Å². The number of fused-ring (bicyclic) bond motifs is 4. The summed E-state index contributed by atoms with van der Waals surface area (Å²) in [5, 5.41) is 1.45. The molecule has 2 nitrogen and oxygen atoms in total. The number of benzene rings is 2. The molecule has 4 rings (SSSR count). The molecule has 0 fully saturated rings. The van der Waals surface area contributed by atoms with Crippen LogP contribution < -0.4 is 5.43 Å². The van der Waals surface area contributed by atoms with E-state index in [9.17, 15) is 4.79 Å². The summed E-state index contributed by atoms with van der Waals surface area (Å²) in [4.78, 5) is 12.3. The molecule has 0 atom stereocenters. The van der Waals surface area contributed by atoms with Crippen LogP contribution in [0.2, 0.25) is 0 Å². The first-order chi connectivity index (χ1) is 7.84. The van der Waals surface area contributed by atoms with Gasteiger partial charge in [-0.05, 0) is 35.7 Å². The normalized spacial score (nSPS) is 13.0. The molecule has 1 aliphatic carbocycles. The fourth-order valence-electron chi connectivity index (χ4n) is 2.29. The van der Waals surface area contributed by atoms with Crippen LogP contribution in [0.3, 0.4) is 0 Å². The lowest BCUT2D eigenvalue weighted by Gasteiger charge is -1.99. The molecule has 0 saturated carbocycles. The summed E-state index contributed by atoms with van der Waals surface area (Å²) in [6.45, 7) is 0. The first-order valence-electron chi connectivity index (χ1n) is 5.31. The Morgan fingerprint density at radius 3 is 2.81 bits per heavy atom. The summed E-state index contributed by atoms with van der Waals surface area (Å²) in [6.07, 6.45) is 0.937. The average Bonchev–Trinajstić information content (AvgIpc) is 3.08. The zero-order chi connectivity index (χ0) is 10.7. The molecular formula is C14H8O2. The zero-order valence-corrected chi connectivity index (χ0v) is 8.49. The van der Waals surface area contributed by atoms with Crippen LogP contribution in [0.5, 0.6) is 0 Å². The van der Waals surface area contributed by atoms with Gasteiger partial charge in [0.2, 0.25) is 5.43 Å². The highest BCUT2D eigenvalue weighted by atomic mass is 16.3. The van der Waals surface area contributed by atoms with Gasteiger partial charge in [0.05, 0.1) is 10.8 Å². The monoisotopic (exact) mass is 208 g/mol. The van der Waals surface area contributed by atoms with E-state index in [1.54, 1.807) is 0 Å². The molecule has 0 bridgehead atoms. The maximum Gasteiger partial charge on any atom is 0.200 e. The van der Waals surface area contributed by atoms with Crippen molar-refractivity contribution >= 4 is 21.9 Å². The topological polar surface area (TPSA) is 30.2 Å². The van der Waals surface area contributed by atoms with Crippen LogP contribution in [0.15, 0.2) is 45.6 Å². The summed E-state index contributed by atoms with van der Waals surface area (Å²) in [5.74, 6) is 0. The maximum absolute atomic E-state index is 12.3. The highest BCUT2D eigenvalue weighted by molar-refractivity contribution is 5.94. The Bertz CT molecular complexity index is 797. The van der Waals surface area contributed by atoms with E-state index in [0.717, 1.165) is 17.4 Å². The van der Waals surface area contributed by atoms with Crippen molar-refractivity contribution < 1.29 is 4.42 Å². The lowest BCUT2D eigenvalue weighted by Crippen LogP contribution is -2.01. The Hall–Kier alpha value is -2.09. The second-order valence-electron chi connectivity index (χ2n) is 4.18. The molecule has 0 aliphatic heterocycles. The van der Waals surface area contributed by atoms with Gasteiger partial charge in [-0.2, -0.15) is 0 Å². The van der Waals surface area contributed by atoms with Crippen LogP contribution in [0, 0.1) is 0 Å². The quantitative estimate of drug-likeness (QED) is 0.416. The molecule has 1 aromatic heterocycles. The van der Waals surface area contributed by atoms with Crippen LogP contribution in [-0.4, -0.2) is 0 Å². The number of rotatable bonds is 0. The van der Waals surface area contributed by atoms with Gasteiger partial charge < -0.3 is 4.42 Å². The molecule has 0 unspecified atom stereocenters. The molecule has 3 aromatic rings. The predicted molar refractivity (Wildman–Crippen MR) is 62.8 cm³/mol. The van der Waals surface area contributed by atoms with Crippen LogP contribution in [0.25, 0.3) is 21.9 Å². The Labute approximate surface area is 91.1 Å². The maximum atomic E-state index is 12.3. The lowest BCUT2D eigenvalue weighted by atomic mass is 10.1. The second kappa shape index (κ2) is 2.53. The molecular weight excluding hydrogens is 200 g/mol. The molecule has 1 aliphatic rings. The average molecular weight is 208 g/mol. The van der Waals surface area contributed by atoms with Gasteiger partial charge in [-0.3, -0.25) is 4.79 Å². The minimum absolute atomic E-state index is 0.103. The van der Waals surface area contributed by atoms with Gasteiger partial charge >= 0.3 is 0 Å². The SMILES string of the molecule is O=c1c2ccccc2oc2ccc3c(c12)C3. The van der Waals surface area contributed by atoms with Crippen LogP contribution in [0.1, 0.15) is 11.1 Å². The van der Waals surface area contributed by atoms with Gasteiger partial charge in [0.25, 0.3) is 0 Å². The van der Waals surface area contributed by atoms with E-state index in [2.05, 4.69) is 0 Å². The lowest BCUT2D eigenvalue weighted by molar-refractivity contribution is 0.660. The van der Waals surface area contributed by atoms with E-state index in [1.165, 1.54) is 5.56 Å². The van der Waals surface area contributed by atoms with Gasteiger partial charge in [-0.1, -0.05) is 18.2 Å². The number of hydrogen-bond acceptors (Lipinski definition) is 2. The van der Waals surface area contributed by atoms with Crippen molar-refractivity contribution in [3.8, 4) is 0 Å². The predicted octanol–water partition coefficient (Wildman–Crippen LogP) is 2.85. The van der Waals surface area contributed by atoms with Crippen molar-refractivity contribution in [3.05, 3.63) is 57.7 Å². The Morgan fingerprint density at radius 1 is 1.00 bits per heavy atom. The second-order valence-corrected chi connectivity index (χ2v) is 4.18. The third-order valence-electron chi connectivity index (χ3n) is 3.19. The van der Waals surface area contributed by atoms with Gasteiger partial charge in [0.1, 0.15) is 11.2 Å². The summed E-state index contributed by atoms with van der Waals surface area (Å²) in [7, 11) is 0. The fraction of sp³-hybridized carbons (Fsp3) is 0.0714. The molecule has 0 radical (unpaired) electrons. The molecule has 0 N–H and O–H groups in total.